The highest BCUT2D eigenvalue weighted by molar-refractivity contribution is 7.92. The van der Waals surface area contributed by atoms with Gasteiger partial charge >= 0.3 is 0 Å². The maximum absolute atomic E-state index is 14.8. The van der Waals surface area contributed by atoms with E-state index < -0.39 is 34.3 Å². The average molecular weight is 554 g/mol. The molecule has 0 aliphatic carbocycles. The van der Waals surface area contributed by atoms with Gasteiger partial charge in [-0.15, -0.1) is 0 Å². The molecule has 3 aromatic rings. The molecule has 0 bridgehead atoms. The second-order valence-electron chi connectivity index (χ2n) is 9.62. The largest absolute Gasteiger partial charge is 0.354 e. The minimum atomic E-state index is -3.88. The molecule has 208 valence electrons. The van der Waals surface area contributed by atoms with Crippen LogP contribution in [0.4, 0.5) is 10.1 Å². The lowest BCUT2D eigenvalue weighted by Gasteiger charge is -2.34. The van der Waals surface area contributed by atoms with Crippen LogP contribution in [-0.4, -0.2) is 50.5 Å². The SMILES string of the molecule is CCCNC(=O)[C@@H](Cc1ccccc1)N(Cc1ccccc1F)C(=O)CN(c1c(C)cccc1C)S(C)(=O)=O. The summed E-state index contributed by atoms with van der Waals surface area (Å²) >= 11 is 0. The molecule has 0 saturated heterocycles. The summed E-state index contributed by atoms with van der Waals surface area (Å²) in [4.78, 5) is 28.8. The number of aryl methyl sites for hydroxylation is 2. The molecule has 3 aromatic carbocycles. The Morgan fingerprint density at radius 1 is 0.923 bits per heavy atom. The molecule has 0 radical (unpaired) electrons. The van der Waals surface area contributed by atoms with Crippen molar-refractivity contribution in [2.45, 2.75) is 46.2 Å². The molecule has 0 aromatic heterocycles. The van der Waals surface area contributed by atoms with Crippen LogP contribution in [0.3, 0.4) is 0 Å². The maximum atomic E-state index is 14.8. The lowest BCUT2D eigenvalue weighted by Crippen LogP contribution is -2.53. The topological polar surface area (TPSA) is 86.8 Å². The van der Waals surface area contributed by atoms with Gasteiger partial charge in [-0.2, -0.15) is 0 Å². The number of nitrogens with zero attached hydrogens (tertiary/aromatic N) is 2. The van der Waals surface area contributed by atoms with Crippen molar-refractivity contribution >= 4 is 27.5 Å². The first-order chi connectivity index (χ1) is 18.5. The Labute approximate surface area is 230 Å². The zero-order chi connectivity index (χ0) is 28.6. The number of para-hydroxylation sites is 1. The first-order valence-corrected chi connectivity index (χ1v) is 14.8. The summed E-state index contributed by atoms with van der Waals surface area (Å²) in [5.41, 5.74) is 2.83. The molecule has 39 heavy (non-hydrogen) atoms. The van der Waals surface area contributed by atoms with Crippen LogP contribution in [-0.2, 0) is 32.6 Å². The molecule has 0 aliphatic rings. The highest BCUT2D eigenvalue weighted by Crippen LogP contribution is 2.27. The van der Waals surface area contributed by atoms with Gasteiger partial charge in [-0.3, -0.25) is 13.9 Å². The van der Waals surface area contributed by atoms with E-state index in [-0.39, 0.29) is 24.4 Å². The predicted molar refractivity (Wildman–Crippen MR) is 152 cm³/mol. The van der Waals surface area contributed by atoms with E-state index >= 15 is 0 Å². The van der Waals surface area contributed by atoms with Gasteiger partial charge in [0.05, 0.1) is 11.9 Å². The van der Waals surface area contributed by atoms with Gasteiger partial charge in [-0.25, -0.2) is 12.8 Å². The summed E-state index contributed by atoms with van der Waals surface area (Å²) in [6, 6.07) is 19.7. The number of nitrogens with one attached hydrogen (secondary N) is 1. The fraction of sp³-hybridized carbons (Fsp3) is 0.333. The molecular formula is C30H36FN3O4S. The molecule has 2 amide bonds. The molecule has 0 spiro atoms. The molecule has 0 fully saturated rings. The Morgan fingerprint density at radius 3 is 2.13 bits per heavy atom. The Hall–Kier alpha value is -3.72. The van der Waals surface area contributed by atoms with Crippen LogP contribution >= 0.6 is 0 Å². The van der Waals surface area contributed by atoms with Gasteiger partial charge in [0.25, 0.3) is 0 Å². The highest BCUT2D eigenvalue weighted by Gasteiger charge is 2.34. The van der Waals surface area contributed by atoms with Crippen molar-refractivity contribution in [3.05, 3.63) is 101 Å². The first-order valence-electron chi connectivity index (χ1n) is 12.9. The van der Waals surface area contributed by atoms with Crippen molar-refractivity contribution in [2.75, 3.05) is 23.7 Å². The summed E-state index contributed by atoms with van der Waals surface area (Å²) in [7, 11) is -3.88. The Kier molecular flexibility index (Phi) is 10.2. The van der Waals surface area contributed by atoms with Crippen LogP contribution in [0.15, 0.2) is 72.8 Å². The lowest BCUT2D eigenvalue weighted by molar-refractivity contribution is -0.140. The van der Waals surface area contributed by atoms with E-state index in [2.05, 4.69) is 5.32 Å². The quantitative estimate of drug-likeness (QED) is 0.361. The van der Waals surface area contributed by atoms with E-state index in [9.17, 15) is 22.4 Å². The number of halogens is 1. The number of hydrogen-bond donors (Lipinski definition) is 1. The van der Waals surface area contributed by atoms with Crippen LogP contribution in [0, 0.1) is 19.7 Å². The van der Waals surface area contributed by atoms with Crippen LogP contribution in [0.25, 0.3) is 0 Å². The number of rotatable bonds is 12. The average Bonchev–Trinajstić information content (AvgIpc) is 2.89. The molecule has 7 nitrogen and oxygen atoms in total. The Bertz CT molecular complexity index is 1380. The van der Waals surface area contributed by atoms with Crippen LogP contribution in [0.5, 0.6) is 0 Å². The van der Waals surface area contributed by atoms with E-state index in [1.165, 1.54) is 11.0 Å². The van der Waals surface area contributed by atoms with Crippen LogP contribution < -0.4 is 9.62 Å². The van der Waals surface area contributed by atoms with E-state index in [0.29, 0.717) is 29.8 Å². The molecule has 9 heteroatoms. The van der Waals surface area contributed by atoms with Crippen molar-refractivity contribution in [3.8, 4) is 0 Å². The first kappa shape index (κ1) is 29.8. The number of benzene rings is 3. The molecular weight excluding hydrogens is 517 g/mol. The normalized spacial score (nSPS) is 12.0. The van der Waals surface area contributed by atoms with Crippen LogP contribution in [0.1, 0.15) is 35.6 Å². The molecule has 1 atom stereocenters. The second kappa shape index (κ2) is 13.4. The summed E-state index contributed by atoms with van der Waals surface area (Å²) < 4.78 is 41.8. The second-order valence-corrected chi connectivity index (χ2v) is 11.5. The third kappa shape index (κ3) is 7.89. The van der Waals surface area contributed by atoms with Crippen molar-refractivity contribution in [3.63, 3.8) is 0 Å². The Morgan fingerprint density at radius 2 is 1.54 bits per heavy atom. The molecule has 1 N–H and O–H groups in total. The van der Waals surface area contributed by atoms with Gasteiger partial charge in [0, 0.05) is 25.1 Å². The fourth-order valence-corrected chi connectivity index (χ4v) is 5.47. The van der Waals surface area contributed by atoms with Crippen molar-refractivity contribution in [1.29, 1.82) is 0 Å². The standard InChI is InChI=1S/C30H36FN3O4S/c1-5-18-32-30(36)27(19-24-14-7-6-8-15-24)33(20-25-16-9-10-17-26(25)31)28(35)21-34(39(4,37)38)29-22(2)12-11-13-23(29)3/h6-17,27H,5,18-21H2,1-4H3,(H,32,36)/t27-/m1/s1. The minimum absolute atomic E-state index is 0.179. The smallest absolute Gasteiger partial charge is 0.244 e. The highest BCUT2D eigenvalue weighted by atomic mass is 32.2. The van der Waals surface area contributed by atoms with E-state index in [1.807, 2.05) is 43.3 Å². The van der Waals surface area contributed by atoms with E-state index in [4.69, 9.17) is 0 Å². The third-order valence-electron chi connectivity index (χ3n) is 6.49. The monoisotopic (exact) mass is 553 g/mol. The maximum Gasteiger partial charge on any atom is 0.244 e. The number of hydrogen-bond acceptors (Lipinski definition) is 4. The van der Waals surface area contributed by atoms with Gasteiger partial charge in [0.2, 0.25) is 21.8 Å². The van der Waals surface area contributed by atoms with E-state index in [0.717, 1.165) is 16.1 Å². The van der Waals surface area contributed by atoms with Crippen molar-refractivity contribution in [2.24, 2.45) is 0 Å². The summed E-state index contributed by atoms with van der Waals surface area (Å²) in [6.07, 6.45) is 1.92. The van der Waals surface area contributed by atoms with Gasteiger partial charge < -0.3 is 10.2 Å². The minimum Gasteiger partial charge on any atom is -0.354 e. The summed E-state index contributed by atoms with van der Waals surface area (Å²) in [6.45, 7) is 5.14. The van der Waals surface area contributed by atoms with Crippen molar-refractivity contribution in [1.82, 2.24) is 10.2 Å². The van der Waals surface area contributed by atoms with Crippen molar-refractivity contribution < 1.29 is 22.4 Å². The zero-order valence-electron chi connectivity index (χ0n) is 22.9. The third-order valence-corrected chi connectivity index (χ3v) is 7.60. The van der Waals surface area contributed by atoms with Gasteiger partial charge in [-0.1, -0.05) is 73.7 Å². The Balaban J connectivity index is 2.09. The summed E-state index contributed by atoms with van der Waals surface area (Å²) in [5, 5.41) is 2.86. The van der Waals surface area contributed by atoms with E-state index in [1.54, 1.807) is 44.2 Å². The molecule has 0 aliphatic heterocycles. The lowest BCUT2D eigenvalue weighted by atomic mass is 10.0. The van der Waals surface area contributed by atoms with Gasteiger partial charge in [-0.05, 0) is 43.0 Å². The number of amides is 2. The van der Waals surface area contributed by atoms with Crippen LogP contribution in [0.2, 0.25) is 0 Å². The number of carbonyl (C=O) groups excluding carboxylic acids is 2. The number of anilines is 1. The molecule has 0 saturated carbocycles. The molecule has 0 heterocycles. The predicted octanol–water partition coefficient (Wildman–Crippen LogP) is 4.37. The van der Waals surface area contributed by atoms with Gasteiger partial charge in [0.15, 0.2) is 0 Å². The summed E-state index contributed by atoms with van der Waals surface area (Å²) in [5.74, 6) is -1.51. The number of carbonyl (C=O) groups is 2. The number of sulfonamides is 1. The van der Waals surface area contributed by atoms with Gasteiger partial charge in [0.1, 0.15) is 18.4 Å². The zero-order valence-corrected chi connectivity index (χ0v) is 23.7. The fourth-order valence-electron chi connectivity index (χ4n) is 4.50. The molecule has 0 unspecified atom stereocenters. The molecule has 3 rings (SSSR count).